The highest BCUT2D eigenvalue weighted by Gasteiger charge is 2.27. The Labute approximate surface area is 159 Å². The molecule has 1 aliphatic carbocycles. The van der Waals surface area contributed by atoms with Gasteiger partial charge in [-0.05, 0) is 36.5 Å². The third-order valence-electron chi connectivity index (χ3n) is 5.31. The van der Waals surface area contributed by atoms with E-state index in [-0.39, 0.29) is 18.2 Å². The van der Waals surface area contributed by atoms with Crippen LogP contribution in [0.1, 0.15) is 37.7 Å². The van der Waals surface area contributed by atoms with Crippen molar-refractivity contribution in [3.63, 3.8) is 0 Å². The number of carbonyl (C=O) groups is 2. The molecule has 2 fully saturated rings. The zero-order chi connectivity index (χ0) is 17.8. The fraction of sp³-hybridized carbons (Fsp3) is 0.579. The Balaban J connectivity index is 1.49. The second-order valence-corrected chi connectivity index (χ2v) is 7.81. The minimum atomic E-state index is 0.0119. The quantitative estimate of drug-likeness (QED) is 0.794. The summed E-state index contributed by atoms with van der Waals surface area (Å²) in [5.74, 6) is 0.820. The molecule has 3 rings (SSSR count). The highest BCUT2D eigenvalue weighted by Crippen LogP contribution is 2.28. The van der Waals surface area contributed by atoms with Gasteiger partial charge in [-0.1, -0.05) is 42.1 Å². The number of hydrogen-bond donors (Lipinski definition) is 0. The van der Waals surface area contributed by atoms with Crippen LogP contribution in [-0.2, 0) is 16.0 Å². The van der Waals surface area contributed by atoms with Crippen molar-refractivity contribution in [2.24, 2.45) is 5.92 Å². The van der Waals surface area contributed by atoms with Gasteiger partial charge in [0.25, 0.3) is 0 Å². The molecule has 1 heterocycles. The average Bonchev–Trinajstić information content (AvgIpc) is 3.11. The molecule has 1 aliphatic heterocycles. The SMILES string of the molecule is O=C(Cc1c(Cl)cccc1Cl)N1CCN(C(=O)CC2CCCC2)CC1. The molecule has 0 atom stereocenters. The Kier molecular flexibility index (Phi) is 6.24. The number of benzene rings is 1. The first kappa shape index (κ1) is 18.5. The molecule has 0 bridgehead atoms. The number of piperazine rings is 1. The van der Waals surface area contributed by atoms with Crippen LogP contribution in [-0.4, -0.2) is 47.8 Å². The van der Waals surface area contributed by atoms with Crippen LogP contribution in [0.25, 0.3) is 0 Å². The van der Waals surface area contributed by atoms with Gasteiger partial charge >= 0.3 is 0 Å². The number of amides is 2. The molecule has 0 radical (unpaired) electrons. The summed E-state index contributed by atoms with van der Waals surface area (Å²) in [5.41, 5.74) is 0.676. The number of rotatable bonds is 4. The van der Waals surface area contributed by atoms with Crippen LogP contribution < -0.4 is 0 Å². The van der Waals surface area contributed by atoms with Gasteiger partial charge in [-0.25, -0.2) is 0 Å². The molecule has 1 saturated carbocycles. The molecule has 0 N–H and O–H groups in total. The summed E-state index contributed by atoms with van der Waals surface area (Å²) in [4.78, 5) is 28.6. The summed E-state index contributed by atoms with van der Waals surface area (Å²) in [6, 6.07) is 5.26. The first-order chi connectivity index (χ1) is 12.0. The Hall–Kier alpha value is -1.26. The van der Waals surface area contributed by atoms with Gasteiger partial charge in [-0.3, -0.25) is 9.59 Å². The molecule has 1 aromatic rings. The lowest BCUT2D eigenvalue weighted by atomic mass is 10.0. The summed E-state index contributed by atoms with van der Waals surface area (Å²) < 4.78 is 0. The Morgan fingerprint density at radius 2 is 1.44 bits per heavy atom. The predicted octanol–water partition coefficient (Wildman–Crippen LogP) is 3.79. The van der Waals surface area contributed by atoms with E-state index in [9.17, 15) is 9.59 Å². The number of nitrogens with zero attached hydrogens (tertiary/aromatic N) is 2. The van der Waals surface area contributed by atoms with E-state index in [1.807, 2.05) is 4.90 Å². The second-order valence-electron chi connectivity index (χ2n) is 6.99. The van der Waals surface area contributed by atoms with Gasteiger partial charge in [0.1, 0.15) is 0 Å². The van der Waals surface area contributed by atoms with Gasteiger partial charge in [0, 0.05) is 42.6 Å². The maximum Gasteiger partial charge on any atom is 0.227 e. The summed E-state index contributed by atoms with van der Waals surface area (Å²) in [6.07, 6.45) is 5.75. The normalized spacial score (nSPS) is 18.6. The first-order valence-corrected chi connectivity index (χ1v) is 9.78. The van der Waals surface area contributed by atoms with Crippen LogP contribution in [0.5, 0.6) is 0 Å². The minimum Gasteiger partial charge on any atom is -0.339 e. The van der Waals surface area contributed by atoms with Crippen LogP contribution in [0.3, 0.4) is 0 Å². The molecule has 0 spiro atoms. The Bertz CT molecular complexity index is 616. The van der Waals surface area contributed by atoms with Crippen molar-refractivity contribution >= 4 is 35.0 Å². The van der Waals surface area contributed by atoms with Crippen molar-refractivity contribution < 1.29 is 9.59 Å². The maximum atomic E-state index is 12.5. The predicted molar refractivity (Wildman–Crippen MR) is 99.9 cm³/mol. The minimum absolute atomic E-state index is 0.0119. The van der Waals surface area contributed by atoms with Crippen molar-refractivity contribution in [1.82, 2.24) is 9.80 Å². The molecule has 1 aromatic carbocycles. The molecular formula is C19H24Cl2N2O2. The van der Waals surface area contributed by atoms with Crippen molar-refractivity contribution in [2.75, 3.05) is 26.2 Å². The molecule has 6 heteroatoms. The fourth-order valence-electron chi connectivity index (χ4n) is 3.76. The summed E-state index contributed by atoms with van der Waals surface area (Å²) in [7, 11) is 0. The van der Waals surface area contributed by atoms with Crippen molar-refractivity contribution in [3.8, 4) is 0 Å². The lowest BCUT2D eigenvalue weighted by Gasteiger charge is -2.35. The van der Waals surface area contributed by atoms with Gasteiger partial charge in [-0.2, -0.15) is 0 Å². The molecule has 2 aliphatic rings. The van der Waals surface area contributed by atoms with Gasteiger partial charge in [-0.15, -0.1) is 0 Å². The fourth-order valence-corrected chi connectivity index (χ4v) is 4.29. The van der Waals surface area contributed by atoms with Crippen LogP contribution in [0.15, 0.2) is 18.2 Å². The molecule has 2 amide bonds. The average molecular weight is 383 g/mol. The van der Waals surface area contributed by atoms with Crippen molar-refractivity contribution in [2.45, 2.75) is 38.5 Å². The number of hydrogen-bond acceptors (Lipinski definition) is 2. The van der Waals surface area contributed by atoms with E-state index >= 15 is 0 Å². The number of carbonyl (C=O) groups excluding carboxylic acids is 2. The molecule has 1 saturated heterocycles. The van der Waals surface area contributed by atoms with Crippen LogP contribution in [0, 0.1) is 5.92 Å². The Morgan fingerprint density at radius 1 is 0.920 bits per heavy atom. The lowest BCUT2D eigenvalue weighted by molar-refractivity contribution is -0.139. The molecule has 136 valence electrons. The molecule has 0 unspecified atom stereocenters. The molecule has 4 nitrogen and oxygen atoms in total. The van der Waals surface area contributed by atoms with E-state index < -0.39 is 0 Å². The monoisotopic (exact) mass is 382 g/mol. The molecule has 0 aromatic heterocycles. The third-order valence-corrected chi connectivity index (χ3v) is 6.02. The summed E-state index contributed by atoms with van der Waals surface area (Å²) >= 11 is 12.3. The van der Waals surface area contributed by atoms with Crippen molar-refractivity contribution in [3.05, 3.63) is 33.8 Å². The van der Waals surface area contributed by atoms with E-state index in [2.05, 4.69) is 0 Å². The standard InChI is InChI=1S/C19H24Cl2N2O2/c20-16-6-3-7-17(21)15(16)13-19(25)23-10-8-22(9-11-23)18(24)12-14-4-1-2-5-14/h3,6-7,14H,1-2,4-5,8-13H2. The summed E-state index contributed by atoms with van der Waals surface area (Å²) in [6.45, 7) is 2.40. The largest absolute Gasteiger partial charge is 0.339 e. The summed E-state index contributed by atoms with van der Waals surface area (Å²) in [5, 5.41) is 1.04. The lowest BCUT2D eigenvalue weighted by Crippen LogP contribution is -2.51. The highest BCUT2D eigenvalue weighted by molar-refractivity contribution is 6.36. The van der Waals surface area contributed by atoms with Gasteiger partial charge in [0.05, 0.1) is 6.42 Å². The van der Waals surface area contributed by atoms with E-state index in [0.717, 1.165) is 0 Å². The zero-order valence-corrected chi connectivity index (χ0v) is 15.9. The van der Waals surface area contributed by atoms with Gasteiger partial charge < -0.3 is 9.80 Å². The van der Waals surface area contributed by atoms with Crippen LogP contribution in [0.2, 0.25) is 10.0 Å². The zero-order valence-electron chi connectivity index (χ0n) is 14.3. The van der Waals surface area contributed by atoms with E-state index in [4.69, 9.17) is 23.2 Å². The third kappa shape index (κ3) is 4.68. The maximum absolute atomic E-state index is 12.5. The van der Waals surface area contributed by atoms with Crippen LogP contribution >= 0.6 is 23.2 Å². The van der Waals surface area contributed by atoms with E-state index in [0.29, 0.717) is 54.1 Å². The highest BCUT2D eigenvalue weighted by atomic mass is 35.5. The number of halogens is 2. The first-order valence-electron chi connectivity index (χ1n) is 9.03. The topological polar surface area (TPSA) is 40.6 Å². The molecule has 25 heavy (non-hydrogen) atoms. The Morgan fingerprint density at radius 3 is 2.00 bits per heavy atom. The van der Waals surface area contributed by atoms with E-state index in [1.165, 1.54) is 25.7 Å². The van der Waals surface area contributed by atoms with Crippen LogP contribution in [0.4, 0.5) is 0 Å². The van der Waals surface area contributed by atoms with E-state index in [1.54, 1.807) is 23.1 Å². The van der Waals surface area contributed by atoms with Gasteiger partial charge in [0.2, 0.25) is 11.8 Å². The van der Waals surface area contributed by atoms with Crippen molar-refractivity contribution in [1.29, 1.82) is 0 Å². The second kappa shape index (κ2) is 8.41. The smallest absolute Gasteiger partial charge is 0.227 e. The van der Waals surface area contributed by atoms with Gasteiger partial charge in [0.15, 0.2) is 0 Å². The molecular weight excluding hydrogens is 359 g/mol.